The number of hydrogen-bond acceptors (Lipinski definition) is 6. The lowest BCUT2D eigenvalue weighted by atomic mass is 10.1. The molecule has 0 N–H and O–H groups in total. The number of nitrogens with zero attached hydrogens (tertiary/aromatic N) is 3. The number of fused-ring (bicyclic) bond motifs is 1. The third-order valence-corrected chi connectivity index (χ3v) is 4.34. The summed E-state index contributed by atoms with van der Waals surface area (Å²) in [6, 6.07) is 7.61. The fourth-order valence-electron chi connectivity index (χ4n) is 2.12. The van der Waals surface area contributed by atoms with E-state index in [2.05, 4.69) is 15.0 Å². The molecule has 0 radical (unpaired) electrons. The first-order chi connectivity index (χ1) is 11.1. The van der Waals surface area contributed by atoms with E-state index in [0.717, 1.165) is 44.6 Å². The molecule has 0 saturated heterocycles. The van der Waals surface area contributed by atoms with Gasteiger partial charge in [0, 0.05) is 28.6 Å². The summed E-state index contributed by atoms with van der Waals surface area (Å²) in [5, 5.41) is 3.61. The number of hydrogen-bond donors (Lipinski definition) is 0. The molecule has 0 bridgehead atoms. The molecule has 7 heteroatoms. The summed E-state index contributed by atoms with van der Waals surface area (Å²) < 4.78 is 10.7. The van der Waals surface area contributed by atoms with Crippen LogP contribution < -0.4 is 7.80 Å². The summed E-state index contributed by atoms with van der Waals surface area (Å²) in [5.41, 5.74) is 3.31. The van der Waals surface area contributed by atoms with Gasteiger partial charge in [-0.2, -0.15) is 0 Å². The molecule has 1 aromatic carbocycles. The van der Waals surface area contributed by atoms with E-state index >= 15 is 0 Å². The van der Waals surface area contributed by atoms with Crippen LogP contribution in [-0.4, -0.2) is 22.8 Å². The van der Waals surface area contributed by atoms with E-state index in [1.165, 1.54) is 11.3 Å². The zero-order valence-electron chi connectivity index (χ0n) is 12.8. The second-order valence-corrected chi connectivity index (χ2v) is 6.32. The van der Waals surface area contributed by atoms with Crippen molar-refractivity contribution in [1.29, 1.82) is 0 Å². The lowest BCUT2D eigenvalue weighted by Crippen LogP contribution is -1.90. The largest absolute Gasteiger partial charge is 0.497 e. The van der Waals surface area contributed by atoms with E-state index in [0.29, 0.717) is 0 Å². The van der Waals surface area contributed by atoms with Gasteiger partial charge in [-0.25, -0.2) is 15.0 Å². The Kier molecular flexibility index (Phi) is 4.76. The molecule has 0 aliphatic carbocycles. The topological polar surface area (TPSA) is 56.6 Å². The molecule has 0 spiro atoms. The van der Waals surface area contributed by atoms with Crippen LogP contribution in [0.3, 0.4) is 0 Å². The molecule has 118 valence electrons. The molecule has 5 nitrogen and oxygen atoms in total. The van der Waals surface area contributed by atoms with Crippen molar-refractivity contribution in [2.24, 2.45) is 4.99 Å². The number of rotatable bonds is 4. The number of pyridine rings is 1. The van der Waals surface area contributed by atoms with Crippen LogP contribution in [0, 0.1) is 0 Å². The van der Waals surface area contributed by atoms with Crippen LogP contribution in [0.2, 0.25) is 0 Å². The number of aromatic nitrogens is 2. The minimum Gasteiger partial charge on any atom is -0.497 e. The van der Waals surface area contributed by atoms with Gasteiger partial charge < -0.3 is 7.80 Å². The van der Waals surface area contributed by atoms with Crippen LogP contribution >= 0.6 is 34.3 Å². The number of aliphatic imine (C=N–C) groups is 1. The third kappa shape index (κ3) is 3.45. The van der Waals surface area contributed by atoms with Crippen LogP contribution in [0.1, 0.15) is 13.8 Å². The van der Waals surface area contributed by atoms with Crippen molar-refractivity contribution in [1.82, 2.24) is 9.97 Å². The fraction of sp³-hybridized carbons (Fsp3) is 0.188. The van der Waals surface area contributed by atoms with E-state index < -0.39 is 0 Å². The predicted octanol–water partition coefficient (Wildman–Crippen LogP) is 5.21. The monoisotopic (exact) mass is 439 g/mol. The van der Waals surface area contributed by atoms with Gasteiger partial charge in [0.05, 0.1) is 18.3 Å². The highest BCUT2D eigenvalue weighted by atomic mass is 127. The summed E-state index contributed by atoms with van der Waals surface area (Å²) in [6.45, 7) is 3.90. The van der Waals surface area contributed by atoms with E-state index in [4.69, 9.17) is 7.80 Å². The minimum absolute atomic E-state index is 0.726. The Hall–Kier alpha value is -1.74. The highest BCUT2D eigenvalue weighted by Crippen LogP contribution is 2.34. The van der Waals surface area contributed by atoms with E-state index in [-0.39, 0.29) is 0 Å². The van der Waals surface area contributed by atoms with Crippen LogP contribution in [-0.2, 0) is 0 Å². The van der Waals surface area contributed by atoms with E-state index in [1.54, 1.807) is 7.11 Å². The van der Waals surface area contributed by atoms with Gasteiger partial charge in [0.2, 0.25) is 5.13 Å². The Morgan fingerprint density at radius 1 is 1.17 bits per heavy atom. The van der Waals surface area contributed by atoms with Crippen LogP contribution in [0.15, 0.2) is 34.6 Å². The summed E-state index contributed by atoms with van der Waals surface area (Å²) in [6.07, 6.45) is 0. The summed E-state index contributed by atoms with van der Waals surface area (Å²) >= 11 is 3.37. The molecule has 23 heavy (non-hydrogen) atoms. The summed E-state index contributed by atoms with van der Waals surface area (Å²) in [4.78, 5) is 13.6. The van der Waals surface area contributed by atoms with Crippen molar-refractivity contribution < 1.29 is 7.80 Å². The average molecular weight is 439 g/mol. The van der Waals surface area contributed by atoms with Crippen LogP contribution in [0.5, 0.6) is 11.5 Å². The van der Waals surface area contributed by atoms with Gasteiger partial charge >= 0.3 is 0 Å². The Bertz CT molecular complexity index is 888. The summed E-state index contributed by atoms with van der Waals surface area (Å²) in [7, 11) is 1.64. The number of halogens is 1. The Morgan fingerprint density at radius 2 is 2.00 bits per heavy atom. The smallest absolute Gasteiger partial charge is 0.209 e. The minimum atomic E-state index is 0.726. The molecule has 3 aromatic rings. The number of methoxy groups -OCH3 is 1. The van der Waals surface area contributed by atoms with Gasteiger partial charge in [0.25, 0.3) is 0 Å². The molecule has 2 aromatic heterocycles. The SMILES string of the molecule is COc1ccc2c(OI)cc(-c3csc(N=C(C)C)n3)nc2c1. The zero-order valence-corrected chi connectivity index (χ0v) is 15.8. The second kappa shape index (κ2) is 6.79. The normalized spacial score (nSPS) is 10.6. The quantitative estimate of drug-likeness (QED) is 0.414. The van der Waals surface area contributed by atoms with Crippen molar-refractivity contribution >= 4 is 56.1 Å². The average Bonchev–Trinajstić information content (AvgIpc) is 3.00. The van der Waals surface area contributed by atoms with Crippen molar-refractivity contribution in [3.63, 3.8) is 0 Å². The van der Waals surface area contributed by atoms with Gasteiger partial charge in [-0.15, -0.1) is 11.3 Å². The number of ether oxygens (including phenoxy) is 1. The Balaban J connectivity index is 2.13. The van der Waals surface area contributed by atoms with E-state index in [9.17, 15) is 0 Å². The van der Waals surface area contributed by atoms with E-state index in [1.807, 2.05) is 66.5 Å². The third-order valence-electron chi connectivity index (χ3n) is 3.14. The van der Waals surface area contributed by atoms with Crippen molar-refractivity contribution in [3.8, 4) is 22.9 Å². The maximum atomic E-state index is 5.47. The van der Waals surface area contributed by atoms with Crippen molar-refractivity contribution in [2.45, 2.75) is 13.8 Å². The molecule has 0 aliphatic rings. The fourth-order valence-corrected chi connectivity index (χ4v) is 3.26. The van der Waals surface area contributed by atoms with Gasteiger partial charge in [0.15, 0.2) is 23.0 Å². The van der Waals surface area contributed by atoms with Gasteiger partial charge in [-0.05, 0) is 26.0 Å². The predicted molar refractivity (Wildman–Crippen MR) is 102 cm³/mol. The molecule has 0 fully saturated rings. The molecule has 0 atom stereocenters. The molecule has 0 unspecified atom stereocenters. The number of thiazole rings is 1. The molecule has 0 amide bonds. The highest BCUT2D eigenvalue weighted by Gasteiger charge is 2.12. The van der Waals surface area contributed by atoms with Gasteiger partial charge in [-0.3, -0.25) is 0 Å². The zero-order chi connectivity index (χ0) is 16.4. The maximum Gasteiger partial charge on any atom is 0.209 e. The Labute approximate surface area is 152 Å². The first-order valence-electron chi connectivity index (χ1n) is 6.86. The van der Waals surface area contributed by atoms with Crippen molar-refractivity contribution in [3.05, 3.63) is 29.6 Å². The Morgan fingerprint density at radius 3 is 2.70 bits per heavy atom. The van der Waals surface area contributed by atoms with Crippen LogP contribution in [0.25, 0.3) is 22.3 Å². The highest BCUT2D eigenvalue weighted by molar-refractivity contribution is 14.1. The standard InChI is InChI=1S/C16H14IN3O2S/c1-9(2)18-16-20-14(8-23-16)13-7-15(22-17)11-5-4-10(21-3)6-12(11)19-13/h4-8H,1-3H3. The first-order valence-corrected chi connectivity index (χ1v) is 8.62. The van der Waals surface area contributed by atoms with Crippen molar-refractivity contribution in [2.75, 3.05) is 7.11 Å². The molecule has 2 heterocycles. The lowest BCUT2D eigenvalue weighted by molar-refractivity contribution is 0.415. The molecular formula is C16H14IN3O2S. The first kappa shape index (κ1) is 16.1. The van der Waals surface area contributed by atoms with Crippen LogP contribution in [0.4, 0.5) is 5.13 Å². The maximum absolute atomic E-state index is 5.47. The lowest BCUT2D eigenvalue weighted by Gasteiger charge is -2.07. The molecule has 0 aliphatic heterocycles. The van der Waals surface area contributed by atoms with Gasteiger partial charge in [0.1, 0.15) is 17.2 Å². The molecule has 0 saturated carbocycles. The van der Waals surface area contributed by atoms with Gasteiger partial charge in [-0.1, -0.05) is 0 Å². The molecular weight excluding hydrogens is 425 g/mol. The molecule has 3 rings (SSSR count). The second-order valence-electron chi connectivity index (χ2n) is 5.04. The summed E-state index contributed by atoms with van der Waals surface area (Å²) in [5.74, 6) is 1.50. The number of benzene rings is 1.